The number of hydrogen-bond donors (Lipinski definition) is 1. The highest BCUT2D eigenvalue weighted by Gasteiger charge is 2.16. The molecule has 1 aromatic rings. The molecule has 1 N–H and O–H groups in total. The molecule has 0 spiro atoms. The largest absolute Gasteiger partial charge is 0.478 e. The third-order valence-electron chi connectivity index (χ3n) is 2.65. The summed E-state index contributed by atoms with van der Waals surface area (Å²) in [7, 11) is 0. The van der Waals surface area contributed by atoms with E-state index >= 15 is 0 Å². The van der Waals surface area contributed by atoms with Gasteiger partial charge >= 0.3 is 5.97 Å². The second-order valence-corrected chi connectivity index (χ2v) is 3.85. The number of aryl methyl sites for hydroxylation is 1. The molecule has 4 nitrogen and oxygen atoms in total. The van der Waals surface area contributed by atoms with Gasteiger partial charge in [-0.2, -0.15) is 0 Å². The summed E-state index contributed by atoms with van der Waals surface area (Å²) in [5.41, 5.74) is 1.89. The monoisotopic (exact) mass is 218 g/mol. The van der Waals surface area contributed by atoms with Gasteiger partial charge in [-0.15, -0.1) is 0 Å². The number of aromatic nitrogens is 1. The molecule has 16 heavy (non-hydrogen) atoms. The molecule has 1 aliphatic rings. The van der Waals surface area contributed by atoms with Crippen LogP contribution in [0.15, 0.2) is 24.4 Å². The Bertz CT molecular complexity index is 441. The Morgan fingerprint density at radius 1 is 1.50 bits per heavy atom. The van der Waals surface area contributed by atoms with Crippen molar-refractivity contribution in [1.82, 2.24) is 4.98 Å². The average molecular weight is 218 g/mol. The molecule has 2 heterocycles. The summed E-state index contributed by atoms with van der Waals surface area (Å²) in [6, 6.07) is 1.84. The first kappa shape index (κ1) is 10.7. The molecule has 1 aromatic heterocycles. The third kappa shape index (κ3) is 2.05. The molecule has 0 atom stereocenters. The lowest BCUT2D eigenvalue weighted by molar-refractivity contribution is 0.0697. The van der Waals surface area contributed by atoms with Crippen LogP contribution in [0.1, 0.15) is 22.5 Å². The zero-order valence-corrected chi connectivity index (χ0v) is 9.18. The van der Waals surface area contributed by atoms with E-state index in [1.54, 1.807) is 0 Å². The van der Waals surface area contributed by atoms with E-state index in [4.69, 9.17) is 5.11 Å². The van der Waals surface area contributed by atoms with E-state index in [0.29, 0.717) is 0 Å². The summed E-state index contributed by atoms with van der Waals surface area (Å²) < 4.78 is 0. The molecule has 4 heteroatoms. The Morgan fingerprint density at radius 2 is 2.31 bits per heavy atom. The van der Waals surface area contributed by atoms with Crippen molar-refractivity contribution in [3.8, 4) is 0 Å². The minimum absolute atomic E-state index is 0.279. The maximum atomic E-state index is 11.1. The highest BCUT2D eigenvalue weighted by molar-refractivity contribution is 5.94. The fourth-order valence-corrected chi connectivity index (χ4v) is 1.83. The van der Waals surface area contributed by atoms with Crippen LogP contribution in [0.5, 0.6) is 0 Å². The minimum atomic E-state index is -0.919. The predicted octanol–water partition coefficient (Wildman–Crippen LogP) is 1.85. The maximum absolute atomic E-state index is 11.1. The number of anilines is 1. The van der Waals surface area contributed by atoms with Gasteiger partial charge in [0.05, 0.1) is 5.69 Å². The van der Waals surface area contributed by atoms with Crippen molar-refractivity contribution in [1.29, 1.82) is 0 Å². The molecule has 2 rings (SSSR count). The predicted molar refractivity (Wildman–Crippen MR) is 61.9 cm³/mol. The highest BCUT2D eigenvalue weighted by Crippen LogP contribution is 2.22. The van der Waals surface area contributed by atoms with Crippen molar-refractivity contribution < 1.29 is 9.90 Å². The van der Waals surface area contributed by atoms with E-state index in [9.17, 15) is 4.79 Å². The minimum Gasteiger partial charge on any atom is -0.478 e. The Hall–Kier alpha value is -1.84. The van der Waals surface area contributed by atoms with Gasteiger partial charge in [-0.1, -0.05) is 12.2 Å². The fraction of sp³-hybridized carbons (Fsp3) is 0.333. The van der Waals surface area contributed by atoms with Crippen molar-refractivity contribution in [3.63, 3.8) is 0 Å². The number of carbonyl (C=O) groups is 1. The Kier molecular flexibility index (Phi) is 2.90. The molecule has 0 saturated heterocycles. The zero-order chi connectivity index (χ0) is 11.5. The van der Waals surface area contributed by atoms with Crippen molar-refractivity contribution >= 4 is 11.7 Å². The van der Waals surface area contributed by atoms with Crippen molar-refractivity contribution in [2.45, 2.75) is 13.3 Å². The molecule has 0 unspecified atom stereocenters. The van der Waals surface area contributed by atoms with Gasteiger partial charge in [-0.3, -0.25) is 4.98 Å². The number of aromatic carboxylic acids is 1. The van der Waals surface area contributed by atoms with Crippen LogP contribution in [0.3, 0.4) is 0 Å². The van der Waals surface area contributed by atoms with E-state index in [0.717, 1.165) is 30.9 Å². The first-order valence-electron chi connectivity index (χ1n) is 5.28. The standard InChI is InChI=1S/C12H14N2O2/c1-9-7-11(10(8-13-9)12(15)16)14-5-3-2-4-6-14/h2-3,7-8H,4-6H2,1H3,(H,15,16). The van der Waals surface area contributed by atoms with Crippen molar-refractivity contribution in [2.75, 3.05) is 18.0 Å². The summed E-state index contributed by atoms with van der Waals surface area (Å²) in [6.07, 6.45) is 6.57. The van der Waals surface area contributed by atoms with Gasteiger partial charge in [0, 0.05) is 25.0 Å². The van der Waals surface area contributed by atoms with Gasteiger partial charge in [-0.25, -0.2) is 4.79 Å². The molecule has 0 radical (unpaired) electrons. The van der Waals surface area contributed by atoms with Gasteiger partial charge in [-0.05, 0) is 19.4 Å². The van der Waals surface area contributed by atoms with Gasteiger partial charge in [0.1, 0.15) is 5.56 Å². The summed E-state index contributed by atoms with van der Waals surface area (Å²) >= 11 is 0. The number of pyridine rings is 1. The van der Waals surface area contributed by atoms with Crippen LogP contribution in [0.25, 0.3) is 0 Å². The Balaban J connectivity index is 2.40. The number of carboxylic acid groups (broad SMARTS) is 1. The Morgan fingerprint density at radius 3 is 2.94 bits per heavy atom. The van der Waals surface area contributed by atoms with Crippen LogP contribution in [0.4, 0.5) is 5.69 Å². The van der Waals surface area contributed by atoms with Crippen LogP contribution >= 0.6 is 0 Å². The first-order valence-corrected chi connectivity index (χ1v) is 5.28. The van der Waals surface area contributed by atoms with E-state index < -0.39 is 5.97 Å². The fourth-order valence-electron chi connectivity index (χ4n) is 1.83. The lowest BCUT2D eigenvalue weighted by Gasteiger charge is -2.27. The normalized spacial score (nSPS) is 15.2. The van der Waals surface area contributed by atoms with Gasteiger partial charge in [0.15, 0.2) is 0 Å². The van der Waals surface area contributed by atoms with E-state index in [1.165, 1.54) is 6.20 Å². The lowest BCUT2D eigenvalue weighted by atomic mass is 10.1. The number of rotatable bonds is 2. The molecule has 0 bridgehead atoms. The third-order valence-corrected chi connectivity index (χ3v) is 2.65. The second kappa shape index (κ2) is 4.35. The van der Waals surface area contributed by atoms with E-state index in [-0.39, 0.29) is 5.56 Å². The van der Waals surface area contributed by atoms with Crippen LogP contribution in [0.2, 0.25) is 0 Å². The maximum Gasteiger partial charge on any atom is 0.339 e. The second-order valence-electron chi connectivity index (χ2n) is 3.85. The van der Waals surface area contributed by atoms with Gasteiger partial charge < -0.3 is 10.0 Å². The summed E-state index contributed by atoms with van der Waals surface area (Å²) in [5.74, 6) is -0.919. The molecular weight excluding hydrogens is 204 g/mol. The van der Waals surface area contributed by atoms with Crippen molar-refractivity contribution in [3.05, 3.63) is 35.7 Å². The van der Waals surface area contributed by atoms with E-state index in [2.05, 4.69) is 22.0 Å². The summed E-state index contributed by atoms with van der Waals surface area (Å²) in [4.78, 5) is 17.2. The van der Waals surface area contributed by atoms with Crippen molar-refractivity contribution in [2.24, 2.45) is 0 Å². The van der Waals surface area contributed by atoms with Crippen LogP contribution < -0.4 is 4.90 Å². The molecule has 0 aromatic carbocycles. The van der Waals surface area contributed by atoms with Gasteiger partial charge in [0.2, 0.25) is 0 Å². The molecule has 0 saturated carbocycles. The first-order chi connectivity index (χ1) is 7.68. The highest BCUT2D eigenvalue weighted by atomic mass is 16.4. The molecule has 0 amide bonds. The van der Waals surface area contributed by atoms with Gasteiger partial charge in [0.25, 0.3) is 0 Å². The molecule has 0 aliphatic carbocycles. The topological polar surface area (TPSA) is 53.4 Å². The molecular formula is C12H14N2O2. The molecule has 84 valence electrons. The SMILES string of the molecule is Cc1cc(N2CC=CCC2)c(C(=O)O)cn1. The van der Waals surface area contributed by atoms with Crippen LogP contribution in [0, 0.1) is 6.92 Å². The average Bonchev–Trinajstić information content (AvgIpc) is 2.29. The molecule has 0 fully saturated rings. The summed E-state index contributed by atoms with van der Waals surface area (Å²) in [6.45, 7) is 3.50. The Labute approximate surface area is 94.2 Å². The molecule has 1 aliphatic heterocycles. The van der Waals surface area contributed by atoms with Crippen LogP contribution in [-0.2, 0) is 0 Å². The lowest BCUT2D eigenvalue weighted by Crippen LogP contribution is -2.28. The zero-order valence-electron chi connectivity index (χ0n) is 9.18. The quantitative estimate of drug-likeness (QED) is 0.770. The van der Waals surface area contributed by atoms with E-state index in [1.807, 2.05) is 13.0 Å². The number of hydrogen-bond acceptors (Lipinski definition) is 3. The smallest absolute Gasteiger partial charge is 0.339 e. The number of carboxylic acids is 1. The number of nitrogens with zero attached hydrogens (tertiary/aromatic N) is 2. The van der Waals surface area contributed by atoms with Crippen LogP contribution in [-0.4, -0.2) is 29.1 Å². The summed E-state index contributed by atoms with van der Waals surface area (Å²) in [5, 5.41) is 9.10.